The summed E-state index contributed by atoms with van der Waals surface area (Å²) >= 11 is 12.8. The molecular formula is C9H11Cl2NO2S. The number of carbonyl (C=O) groups is 1. The van der Waals surface area contributed by atoms with Gasteiger partial charge >= 0.3 is 0 Å². The lowest BCUT2D eigenvalue weighted by molar-refractivity contribution is 0.0936. The third-order valence-electron chi connectivity index (χ3n) is 1.85. The number of ketones is 1. The summed E-state index contributed by atoms with van der Waals surface area (Å²) in [5.41, 5.74) is 0.455. The summed E-state index contributed by atoms with van der Waals surface area (Å²) in [6.07, 6.45) is 0. The highest BCUT2D eigenvalue weighted by atomic mass is 35.5. The van der Waals surface area contributed by atoms with Crippen molar-refractivity contribution in [2.24, 2.45) is 0 Å². The van der Waals surface area contributed by atoms with E-state index in [0.29, 0.717) is 20.8 Å². The Bertz CT molecular complexity index is 354. The third-order valence-corrected chi connectivity index (χ3v) is 3.34. The van der Waals surface area contributed by atoms with Gasteiger partial charge in [-0.1, -0.05) is 23.2 Å². The number of nitrogens with zero attached hydrogens (tertiary/aromatic N) is 1. The monoisotopic (exact) mass is 267 g/mol. The topological polar surface area (TPSA) is 40.5 Å². The van der Waals surface area contributed by atoms with Crippen LogP contribution in [-0.4, -0.2) is 42.5 Å². The molecule has 0 aliphatic rings. The van der Waals surface area contributed by atoms with Crippen LogP contribution in [0.3, 0.4) is 0 Å². The van der Waals surface area contributed by atoms with Gasteiger partial charge in [-0.25, -0.2) is 0 Å². The molecule has 84 valence electrons. The first-order valence-electron chi connectivity index (χ1n) is 4.32. The van der Waals surface area contributed by atoms with E-state index in [-0.39, 0.29) is 18.9 Å². The fraction of sp³-hybridized carbons (Fsp3) is 0.444. The fourth-order valence-electron chi connectivity index (χ4n) is 1.11. The smallest absolute Gasteiger partial charge is 0.179 e. The molecule has 0 aromatic carbocycles. The largest absolute Gasteiger partial charge is 0.395 e. The Morgan fingerprint density at radius 3 is 2.73 bits per heavy atom. The Balaban J connectivity index is 2.65. The Morgan fingerprint density at radius 2 is 2.27 bits per heavy atom. The highest BCUT2D eigenvalue weighted by Gasteiger charge is 2.15. The van der Waals surface area contributed by atoms with Gasteiger partial charge in [0.1, 0.15) is 4.34 Å². The number of rotatable bonds is 5. The van der Waals surface area contributed by atoms with E-state index in [9.17, 15) is 4.79 Å². The van der Waals surface area contributed by atoms with Crippen molar-refractivity contribution < 1.29 is 9.90 Å². The number of aliphatic hydroxyl groups excluding tert-OH is 1. The molecule has 15 heavy (non-hydrogen) atoms. The van der Waals surface area contributed by atoms with E-state index in [1.807, 2.05) is 0 Å². The van der Waals surface area contributed by atoms with Crippen molar-refractivity contribution in [3.63, 3.8) is 0 Å². The summed E-state index contributed by atoms with van der Waals surface area (Å²) in [6.45, 7) is 0.719. The van der Waals surface area contributed by atoms with Crippen LogP contribution in [0, 0.1) is 0 Å². The van der Waals surface area contributed by atoms with Gasteiger partial charge in [0.05, 0.1) is 23.1 Å². The molecule has 0 spiro atoms. The zero-order chi connectivity index (χ0) is 11.4. The Kier molecular flexibility index (Phi) is 5.02. The average Bonchev–Trinajstić information content (AvgIpc) is 2.45. The van der Waals surface area contributed by atoms with Crippen LogP contribution < -0.4 is 0 Å². The molecule has 1 aromatic heterocycles. The minimum atomic E-state index is -0.0842. The van der Waals surface area contributed by atoms with Gasteiger partial charge < -0.3 is 5.11 Å². The average molecular weight is 268 g/mol. The molecule has 0 aliphatic carbocycles. The highest BCUT2D eigenvalue weighted by molar-refractivity contribution is 7.20. The number of aliphatic hydroxyl groups is 1. The molecule has 1 N–H and O–H groups in total. The molecule has 0 radical (unpaired) electrons. The van der Waals surface area contributed by atoms with E-state index in [0.717, 1.165) is 0 Å². The van der Waals surface area contributed by atoms with Crippen molar-refractivity contribution in [3.05, 3.63) is 20.3 Å². The molecule has 1 heterocycles. The van der Waals surface area contributed by atoms with Gasteiger partial charge in [-0.15, -0.1) is 11.3 Å². The standard InChI is InChI=1S/C9H11Cl2NO2S/c1-12(2-3-13)5-7(14)6-4-8(10)15-9(6)11/h4,13H,2-3,5H2,1H3. The fourth-order valence-corrected chi connectivity index (χ4v) is 2.61. The van der Waals surface area contributed by atoms with Crippen molar-refractivity contribution in [1.82, 2.24) is 4.90 Å². The number of carbonyl (C=O) groups excluding carboxylic acids is 1. The number of hydrogen-bond acceptors (Lipinski definition) is 4. The molecule has 0 amide bonds. The van der Waals surface area contributed by atoms with Gasteiger partial charge in [-0.2, -0.15) is 0 Å². The van der Waals surface area contributed by atoms with E-state index in [1.54, 1.807) is 18.0 Å². The maximum absolute atomic E-state index is 11.7. The second-order valence-corrected chi connectivity index (χ2v) is 5.41. The molecule has 0 bridgehead atoms. The SMILES string of the molecule is CN(CCO)CC(=O)c1cc(Cl)sc1Cl. The predicted molar refractivity (Wildman–Crippen MR) is 63.3 cm³/mol. The zero-order valence-corrected chi connectivity index (χ0v) is 10.5. The molecule has 3 nitrogen and oxygen atoms in total. The van der Waals surface area contributed by atoms with Crippen LogP contribution in [0.5, 0.6) is 0 Å². The predicted octanol–water partition coefficient (Wildman–Crippen LogP) is 2.16. The van der Waals surface area contributed by atoms with Crippen LogP contribution >= 0.6 is 34.5 Å². The van der Waals surface area contributed by atoms with Gasteiger partial charge in [-0.3, -0.25) is 9.69 Å². The Hall–Kier alpha value is -0.130. The number of likely N-dealkylation sites (N-methyl/N-ethyl adjacent to an activating group) is 1. The lowest BCUT2D eigenvalue weighted by Gasteiger charge is -2.13. The molecule has 0 saturated carbocycles. The van der Waals surface area contributed by atoms with Gasteiger partial charge in [0.2, 0.25) is 0 Å². The van der Waals surface area contributed by atoms with Crippen molar-refractivity contribution >= 4 is 40.3 Å². The molecule has 0 unspecified atom stereocenters. The quantitative estimate of drug-likeness (QED) is 0.832. The lowest BCUT2D eigenvalue weighted by Crippen LogP contribution is -2.28. The second-order valence-electron chi connectivity index (χ2n) is 3.12. The van der Waals surface area contributed by atoms with Gasteiger partial charge in [-0.05, 0) is 13.1 Å². The summed E-state index contributed by atoms with van der Waals surface area (Å²) in [5.74, 6) is -0.0842. The minimum absolute atomic E-state index is 0.0297. The second kappa shape index (κ2) is 5.82. The van der Waals surface area contributed by atoms with Crippen molar-refractivity contribution in [2.45, 2.75) is 0 Å². The third kappa shape index (κ3) is 3.74. The number of thiophene rings is 1. The van der Waals surface area contributed by atoms with Gasteiger partial charge in [0, 0.05) is 6.54 Å². The van der Waals surface area contributed by atoms with Gasteiger partial charge in [0.15, 0.2) is 5.78 Å². The van der Waals surface area contributed by atoms with E-state index in [4.69, 9.17) is 28.3 Å². The van der Waals surface area contributed by atoms with Crippen LogP contribution in [-0.2, 0) is 0 Å². The van der Waals surface area contributed by atoms with E-state index >= 15 is 0 Å². The van der Waals surface area contributed by atoms with Crippen molar-refractivity contribution in [2.75, 3.05) is 26.7 Å². The maximum atomic E-state index is 11.7. The number of halogens is 2. The van der Waals surface area contributed by atoms with Crippen molar-refractivity contribution in [1.29, 1.82) is 0 Å². The highest BCUT2D eigenvalue weighted by Crippen LogP contribution is 2.31. The number of hydrogen-bond donors (Lipinski definition) is 1. The summed E-state index contributed by atoms with van der Waals surface area (Å²) in [6, 6.07) is 1.57. The first-order valence-corrected chi connectivity index (χ1v) is 5.89. The molecule has 0 atom stereocenters. The summed E-state index contributed by atoms with van der Waals surface area (Å²) in [7, 11) is 1.76. The summed E-state index contributed by atoms with van der Waals surface area (Å²) < 4.78 is 0.926. The normalized spacial score (nSPS) is 11.0. The van der Waals surface area contributed by atoms with E-state index < -0.39 is 0 Å². The maximum Gasteiger partial charge on any atom is 0.179 e. The Labute approximate surface area is 102 Å². The van der Waals surface area contributed by atoms with Crippen LogP contribution in [0.4, 0.5) is 0 Å². The van der Waals surface area contributed by atoms with E-state index in [2.05, 4.69) is 0 Å². The van der Waals surface area contributed by atoms with Crippen LogP contribution in [0.15, 0.2) is 6.07 Å². The molecule has 0 aliphatic heterocycles. The summed E-state index contributed by atoms with van der Waals surface area (Å²) in [5, 5.41) is 8.68. The minimum Gasteiger partial charge on any atom is -0.395 e. The lowest BCUT2D eigenvalue weighted by atomic mass is 10.2. The molecular weight excluding hydrogens is 257 g/mol. The zero-order valence-electron chi connectivity index (χ0n) is 8.17. The van der Waals surface area contributed by atoms with Gasteiger partial charge in [0.25, 0.3) is 0 Å². The molecule has 1 aromatic rings. The molecule has 0 saturated heterocycles. The first-order chi connectivity index (χ1) is 7.04. The Morgan fingerprint density at radius 1 is 1.60 bits per heavy atom. The number of Topliss-reactive ketones (excluding diaryl/α,β-unsaturated/α-hetero) is 1. The van der Waals surface area contributed by atoms with E-state index in [1.165, 1.54) is 11.3 Å². The van der Waals surface area contributed by atoms with Crippen LogP contribution in [0.25, 0.3) is 0 Å². The van der Waals surface area contributed by atoms with Crippen LogP contribution in [0.2, 0.25) is 8.67 Å². The summed E-state index contributed by atoms with van der Waals surface area (Å²) in [4.78, 5) is 13.4. The van der Waals surface area contributed by atoms with Crippen molar-refractivity contribution in [3.8, 4) is 0 Å². The van der Waals surface area contributed by atoms with Crippen LogP contribution in [0.1, 0.15) is 10.4 Å². The molecule has 0 fully saturated rings. The molecule has 6 heteroatoms. The molecule has 1 rings (SSSR count). The first kappa shape index (κ1) is 12.9.